The number of hydrogen-bond donors (Lipinski definition) is 1. The van der Waals surface area contributed by atoms with Crippen molar-refractivity contribution in [2.45, 2.75) is 19.4 Å². The van der Waals surface area contributed by atoms with Crippen LogP contribution in [0.15, 0.2) is 16.8 Å². The van der Waals surface area contributed by atoms with Gasteiger partial charge >= 0.3 is 0 Å². The maximum absolute atomic E-state index is 11.4. The number of nitrogens with one attached hydrogen (secondary N) is 1. The maximum Gasteiger partial charge on any atom is 0.253 e. The summed E-state index contributed by atoms with van der Waals surface area (Å²) in [5, 5.41) is 6.42. The number of thiophene rings is 1. The molecule has 0 fully saturated rings. The molecule has 0 spiro atoms. The molecule has 1 heterocycles. The smallest absolute Gasteiger partial charge is 0.253 e. The number of terminal acetylenes is 1. The van der Waals surface area contributed by atoms with E-state index in [2.05, 4.69) is 11.2 Å². The van der Waals surface area contributed by atoms with Crippen LogP contribution in [0.3, 0.4) is 0 Å². The molecule has 13 heavy (non-hydrogen) atoms. The van der Waals surface area contributed by atoms with Gasteiger partial charge in [-0.25, -0.2) is 0 Å². The second-order valence-corrected chi connectivity index (χ2v) is 3.39. The number of amides is 1. The summed E-state index contributed by atoms with van der Waals surface area (Å²) in [6.45, 7) is 1.94. The molecule has 3 heteroatoms. The Balaban J connectivity index is 2.57. The topological polar surface area (TPSA) is 29.1 Å². The minimum absolute atomic E-state index is 0.0916. The van der Waals surface area contributed by atoms with Crippen molar-refractivity contribution in [3.05, 3.63) is 22.4 Å². The molecule has 1 unspecified atom stereocenters. The average molecular weight is 193 g/mol. The van der Waals surface area contributed by atoms with E-state index in [9.17, 15) is 4.79 Å². The van der Waals surface area contributed by atoms with Gasteiger partial charge in [0.15, 0.2) is 0 Å². The highest BCUT2D eigenvalue weighted by atomic mass is 32.1. The SMILES string of the molecule is C#CC(CC)NC(=O)c1ccsc1. The van der Waals surface area contributed by atoms with Gasteiger partial charge < -0.3 is 5.32 Å². The van der Waals surface area contributed by atoms with E-state index in [1.807, 2.05) is 12.3 Å². The standard InChI is InChI=1S/C10H11NOS/c1-3-9(4-2)11-10(12)8-5-6-13-7-8/h1,5-7,9H,4H2,2H3,(H,11,12). The largest absolute Gasteiger partial charge is 0.338 e. The fourth-order valence-electron chi connectivity index (χ4n) is 0.897. The first kappa shape index (κ1) is 9.82. The lowest BCUT2D eigenvalue weighted by Gasteiger charge is -2.08. The van der Waals surface area contributed by atoms with Crippen molar-refractivity contribution >= 4 is 17.2 Å². The van der Waals surface area contributed by atoms with Crippen molar-refractivity contribution < 1.29 is 4.79 Å². The van der Waals surface area contributed by atoms with Gasteiger partial charge in [0.2, 0.25) is 0 Å². The third-order valence-electron chi connectivity index (χ3n) is 1.70. The molecule has 68 valence electrons. The summed E-state index contributed by atoms with van der Waals surface area (Å²) in [4.78, 5) is 11.4. The Kier molecular flexibility index (Phi) is 3.53. The molecule has 2 nitrogen and oxygen atoms in total. The molecule has 0 aliphatic carbocycles. The highest BCUT2D eigenvalue weighted by Gasteiger charge is 2.09. The lowest BCUT2D eigenvalue weighted by Crippen LogP contribution is -2.32. The Morgan fingerprint density at radius 2 is 2.62 bits per heavy atom. The van der Waals surface area contributed by atoms with Crippen molar-refractivity contribution in [1.82, 2.24) is 5.32 Å². The highest BCUT2D eigenvalue weighted by Crippen LogP contribution is 2.05. The zero-order chi connectivity index (χ0) is 9.68. The minimum atomic E-state index is -0.160. The third-order valence-corrected chi connectivity index (χ3v) is 2.38. The van der Waals surface area contributed by atoms with Crippen molar-refractivity contribution in [2.24, 2.45) is 0 Å². The summed E-state index contributed by atoms with van der Waals surface area (Å²) in [5.74, 6) is 2.42. The molecule has 0 saturated carbocycles. The molecule has 1 aromatic rings. The van der Waals surface area contributed by atoms with Gasteiger partial charge in [-0.2, -0.15) is 11.3 Å². The maximum atomic E-state index is 11.4. The van der Waals surface area contributed by atoms with Gasteiger partial charge in [-0.3, -0.25) is 4.79 Å². The van der Waals surface area contributed by atoms with Crippen LogP contribution in [0.25, 0.3) is 0 Å². The third kappa shape index (κ3) is 2.60. The monoisotopic (exact) mass is 193 g/mol. The van der Waals surface area contributed by atoms with Gasteiger partial charge in [0.1, 0.15) is 0 Å². The molecule has 1 atom stereocenters. The first-order valence-corrected chi connectivity index (χ1v) is 5.01. The van der Waals surface area contributed by atoms with E-state index < -0.39 is 0 Å². The van der Waals surface area contributed by atoms with E-state index in [0.29, 0.717) is 5.56 Å². The predicted molar refractivity (Wildman–Crippen MR) is 54.7 cm³/mol. The van der Waals surface area contributed by atoms with Crippen molar-refractivity contribution in [1.29, 1.82) is 0 Å². The lowest BCUT2D eigenvalue weighted by molar-refractivity contribution is 0.0945. The minimum Gasteiger partial charge on any atom is -0.338 e. The summed E-state index contributed by atoms with van der Waals surface area (Å²) in [6.07, 6.45) is 5.98. The number of hydrogen-bond acceptors (Lipinski definition) is 2. The van der Waals surface area contributed by atoms with Crippen molar-refractivity contribution in [3.8, 4) is 12.3 Å². The lowest BCUT2D eigenvalue weighted by atomic mass is 10.2. The summed E-state index contributed by atoms with van der Waals surface area (Å²) in [5.41, 5.74) is 0.679. The molecule has 0 bridgehead atoms. The van der Waals surface area contributed by atoms with E-state index in [0.717, 1.165) is 6.42 Å². The van der Waals surface area contributed by atoms with Crippen LogP contribution in [0, 0.1) is 12.3 Å². The Labute approximate surface area is 82.0 Å². The predicted octanol–water partition coefficient (Wildman–Crippen LogP) is 1.89. The van der Waals surface area contributed by atoms with Crippen LogP contribution >= 0.6 is 11.3 Å². The van der Waals surface area contributed by atoms with Crippen LogP contribution < -0.4 is 5.32 Å². The van der Waals surface area contributed by atoms with Gasteiger partial charge in [0, 0.05) is 5.38 Å². The number of carbonyl (C=O) groups excluding carboxylic acids is 1. The quantitative estimate of drug-likeness (QED) is 0.730. The van der Waals surface area contributed by atoms with Crippen LogP contribution in [-0.4, -0.2) is 11.9 Å². The Bertz CT molecular complexity index is 310. The van der Waals surface area contributed by atoms with Gasteiger partial charge in [-0.1, -0.05) is 12.8 Å². The summed E-state index contributed by atoms with van der Waals surface area (Å²) in [7, 11) is 0. The molecule has 0 radical (unpaired) electrons. The highest BCUT2D eigenvalue weighted by molar-refractivity contribution is 7.08. The van der Waals surface area contributed by atoms with Gasteiger partial charge in [0.05, 0.1) is 11.6 Å². The molecular formula is C10H11NOS. The van der Waals surface area contributed by atoms with E-state index in [-0.39, 0.29) is 11.9 Å². The Hall–Kier alpha value is -1.27. The molecule has 1 N–H and O–H groups in total. The van der Waals surface area contributed by atoms with Gasteiger partial charge in [0.25, 0.3) is 5.91 Å². The van der Waals surface area contributed by atoms with Crippen LogP contribution in [-0.2, 0) is 0 Å². The molecule has 1 rings (SSSR count). The summed E-state index contributed by atoms with van der Waals surface area (Å²) < 4.78 is 0. The molecule has 1 aromatic heterocycles. The van der Waals surface area contributed by atoms with Crippen LogP contribution in [0.2, 0.25) is 0 Å². The molecule has 0 aliphatic heterocycles. The van der Waals surface area contributed by atoms with Crippen LogP contribution in [0.1, 0.15) is 23.7 Å². The Morgan fingerprint density at radius 3 is 3.08 bits per heavy atom. The van der Waals surface area contributed by atoms with E-state index in [4.69, 9.17) is 6.42 Å². The molecule has 0 aliphatic rings. The van der Waals surface area contributed by atoms with Crippen LogP contribution in [0.4, 0.5) is 0 Å². The average Bonchev–Trinajstić information content (AvgIpc) is 2.66. The molecule has 1 amide bonds. The van der Waals surface area contributed by atoms with Crippen molar-refractivity contribution in [2.75, 3.05) is 0 Å². The van der Waals surface area contributed by atoms with E-state index in [1.54, 1.807) is 11.4 Å². The first-order chi connectivity index (χ1) is 6.27. The zero-order valence-corrected chi connectivity index (χ0v) is 8.23. The molecular weight excluding hydrogens is 182 g/mol. The fraction of sp³-hybridized carbons (Fsp3) is 0.300. The Morgan fingerprint density at radius 1 is 1.85 bits per heavy atom. The second-order valence-electron chi connectivity index (χ2n) is 2.61. The molecule has 0 aromatic carbocycles. The van der Waals surface area contributed by atoms with Gasteiger partial charge in [-0.15, -0.1) is 6.42 Å². The number of carbonyl (C=O) groups is 1. The van der Waals surface area contributed by atoms with Crippen LogP contribution in [0.5, 0.6) is 0 Å². The van der Waals surface area contributed by atoms with Gasteiger partial charge in [-0.05, 0) is 17.9 Å². The van der Waals surface area contributed by atoms with E-state index >= 15 is 0 Å². The zero-order valence-electron chi connectivity index (χ0n) is 7.41. The second kappa shape index (κ2) is 4.68. The first-order valence-electron chi connectivity index (χ1n) is 4.07. The molecule has 0 saturated heterocycles. The van der Waals surface area contributed by atoms with Crippen molar-refractivity contribution in [3.63, 3.8) is 0 Å². The summed E-state index contributed by atoms with van der Waals surface area (Å²) in [6, 6.07) is 1.62. The number of rotatable bonds is 3. The fourth-order valence-corrected chi connectivity index (χ4v) is 1.53. The summed E-state index contributed by atoms with van der Waals surface area (Å²) >= 11 is 1.50. The normalized spacial score (nSPS) is 11.7. The van der Waals surface area contributed by atoms with E-state index in [1.165, 1.54) is 11.3 Å².